The molecule has 0 aliphatic heterocycles. The molecule has 4 aromatic carbocycles. The summed E-state index contributed by atoms with van der Waals surface area (Å²) in [6.07, 6.45) is 0. The van der Waals surface area contributed by atoms with Crippen molar-refractivity contribution in [3.63, 3.8) is 0 Å². The molecule has 0 saturated heterocycles. The molecular formula is C27H22N2. The van der Waals surface area contributed by atoms with Crippen molar-refractivity contribution in [2.75, 3.05) is 0 Å². The minimum Gasteiger partial charge on any atom is -0.354 e. The van der Waals surface area contributed by atoms with E-state index in [-0.39, 0.29) is 0 Å². The summed E-state index contributed by atoms with van der Waals surface area (Å²) >= 11 is 0. The quantitative estimate of drug-likeness (QED) is 0.334. The van der Waals surface area contributed by atoms with E-state index in [1.165, 1.54) is 60.3 Å². The number of aromatic amines is 1. The van der Waals surface area contributed by atoms with Gasteiger partial charge in [-0.15, -0.1) is 0 Å². The molecule has 1 N–H and O–H groups in total. The zero-order valence-corrected chi connectivity index (χ0v) is 16.7. The van der Waals surface area contributed by atoms with Gasteiger partial charge in [-0.3, -0.25) is 0 Å². The van der Waals surface area contributed by atoms with E-state index in [0.29, 0.717) is 0 Å². The van der Waals surface area contributed by atoms with Gasteiger partial charge in [0.2, 0.25) is 0 Å². The van der Waals surface area contributed by atoms with Crippen molar-refractivity contribution in [2.24, 2.45) is 0 Å². The molecule has 0 fully saturated rings. The van der Waals surface area contributed by atoms with E-state index in [1.54, 1.807) is 0 Å². The summed E-state index contributed by atoms with van der Waals surface area (Å²) in [7, 11) is 0. The van der Waals surface area contributed by atoms with E-state index < -0.39 is 0 Å². The van der Waals surface area contributed by atoms with Gasteiger partial charge in [0.15, 0.2) is 0 Å². The second kappa shape index (κ2) is 5.99. The van der Waals surface area contributed by atoms with Gasteiger partial charge in [0.05, 0.1) is 11.0 Å². The third-order valence-electron chi connectivity index (χ3n) is 6.34. The molecule has 0 radical (unpaired) electrons. The maximum Gasteiger partial charge on any atom is 0.0548 e. The van der Waals surface area contributed by atoms with Gasteiger partial charge in [-0.1, -0.05) is 66.7 Å². The fourth-order valence-electron chi connectivity index (χ4n) is 5.06. The molecule has 2 aromatic heterocycles. The molecule has 0 unspecified atom stereocenters. The summed E-state index contributed by atoms with van der Waals surface area (Å²) in [6, 6.07) is 28.2. The van der Waals surface area contributed by atoms with Crippen LogP contribution in [0.1, 0.15) is 16.7 Å². The molecule has 140 valence electrons. The summed E-state index contributed by atoms with van der Waals surface area (Å²) in [5, 5.41) is 5.38. The van der Waals surface area contributed by atoms with Crippen LogP contribution in [0.15, 0.2) is 78.9 Å². The van der Waals surface area contributed by atoms with Crippen LogP contribution >= 0.6 is 0 Å². The fraction of sp³-hybridized carbons (Fsp3) is 0.111. The third kappa shape index (κ3) is 2.23. The topological polar surface area (TPSA) is 20.7 Å². The molecule has 2 nitrogen and oxygen atoms in total. The standard InChI is InChI=1S/C27H22N2/c1-17-24-20-12-6-8-14-22(20)28-26(24)18(2)27-25(17)21-13-7-9-15-23(21)29(27)16-19-10-4-3-5-11-19/h3-15,28H,16H2,1-2H3. The van der Waals surface area contributed by atoms with Crippen LogP contribution in [-0.4, -0.2) is 9.55 Å². The lowest BCUT2D eigenvalue weighted by Crippen LogP contribution is -2.01. The van der Waals surface area contributed by atoms with E-state index in [0.717, 1.165) is 6.54 Å². The Morgan fingerprint density at radius 3 is 2.21 bits per heavy atom. The van der Waals surface area contributed by atoms with Crippen LogP contribution in [0.5, 0.6) is 0 Å². The maximum atomic E-state index is 3.70. The summed E-state index contributed by atoms with van der Waals surface area (Å²) in [6.45, 7) is 5.42. The van der Waals surface area contributed by atoms with Crippen molar-refractivity contribution < 1.29 is 0 Å². The Hall–Kier alpha value is -3.52. The van der Waals surface area contributed by atoms with Crippen LogP contribution < -0.4 is 0 Å². The van der Waals surface area contributed by atoms with Crippen molar-refractivity contribution in [1.29, 1.82) is 0 Å². The molecule has 0 saturated carbocycles. The Labute approximate surface area is 169 Å². The number of H-pyrrole nitrogens is 1. The fourth-order valence-corrected chi connectivity index (χ4v) is 5.06. The Morgan fingerprint density at radius 1 is 0.690 bits per heavy atom. The van der Waals surface area contributed by atoms with Gasteiger partial charge in [0, 0.05) is 39.1 Å². The Balaban J connectivity index is 1.82. The number of hydrogen-bond donors (Lipinski definition) is 1. The van der Waals surface area contributed by atoms with E-state index >= 15 is 0 Å². The second-order valence-corrected chi connectivity index (χ2v) is 7.98. The molecule has 29 heavy (non-hydrogen) atoms. The monoisotopic (exact) mass is 374 g/mol. The zero-order valence-electron chi connectivity index (χ0n) is 16.7. The number of para-hydroxylation sites is 2. The van der Waals surface area contributed by atoms with Crippen LogP contribution in [0.3, 0.4) is 0 Å². The van der Waals surface area contributed by atoms with Gasteiger partial charge in [0.1, 0.15) is 0 Å². The minimum atomic E-state index is 0.872. The highest BCUT2D eigenvalue weighted by Crippen LogP contribution is 2.41. The maximum absolute atomic E-state index is 3.70. The number of nitrogens with one attached hydrogen (secondary N) is 1. The Morgan fingerprint density at radius 2 is 1.38 bits per heavy atom. The molecule has 0 aliphatic carbocycles. The molecule has 0 bridgehead atoms. The number of hydrogen-bond acceptors (Lipinski definition) is 0. The van der Waals surface area contributed by atoms with Crippen molar-refractivity contribution in [1.82, 2.24) is 9.55 Å². The number of nitrogens with zero attached hydrogens (tertiary/aromatic N) is 1. The third-order valence-corrected chi connectivity index (χ3v) is 6.34. The molecule has 0 spiro atoms. The second-order valence-electron chi connectivity index (χ2n) is 7.98. The molecule has 6 aromatic rings. The normalized spacial score (nSPS) is 11.9. The first kappa shape index (κ1) is 16.4. The van der Waals surface area contributed by atoms with Crippen molar-refractivity contribution in [3.05, 3.63) is 95.6 Å². The first-order chi connectivity index (χ1) is 14.2. The molecule has 2 heteroatoms. The van der Waals surface area contributed by atoms with Gasteiger partial charge in [-0.05, 0) is 42.7 Å². The molecule has 0 atom stereocenters. The van der Waals surface area contributed by atoms with Crippen LogP contribution in [0.4, 0.5) is 0 Å². The number of aryl methyl sites for hydroxylation is 2. The summed E-state index contributed by atoms with van der Waals surface area (Å²) in [5.41, 5.74) is 9.11. The molecular weight excluding hydrogens is 352 g/mol. The number of fused-ring (bicyclic) bond motifs is 6. The SMILES string of the molecule is Cc1c2c([nH]c3ccccc32)c(C)c2c1c1ccccc1n2Cc1ccccc1. The highest BCUT2D eigenvalue weighted by Gasteiger charge is 2.20. The van der Waals surface area contributed by atoms with Gasteiger partial charge in [-0.25, -0.2) is 0 Å². The first-order valence-corrected chi connectivity index (χ1v) is 10.2. The van der Waals surface area contributed by atoms with E-state index in [9.17, 15) is 0 Å². The van der Waals surface area contributed by atoms with Crippen molar-refractivity contribution >= 4 is 43.6 Å². The van der Waals surface area contributed by atoms with Crippen LogP contribution in [0, 0.1) is 13.8 Å². The van der Waals surface area contributed by atoms with Gasteiger partial charge in [-0.2, -0.15) is 0 Å². The predicted octanol–water partition coefficient (Wildman–Crippen LogP) is 7.09. The average molecular weight is 374 g/mol. The zero-order chi connectivity index (χ0) is 19.5. The van der Waals surface area contributed by atoms with E-state index in [2.05, 4.69) is 102 Å². The van der Waals surface area contributed by atoms with Crippen LogP contribution in [-0.2, 0) is 6.54 Å². The van der Waals surface area contributed by atoms with Gasteiger partial charge >= 0.3 is 0 Å². The lowest BCUT2D eigenvalue weighted by molar-refractivity contribution is 0.866. The predicted molar refractivity (Wildman–Crippen MR) is 124 cm³/mol. The average Bonchev–Trinajstić information content (AvgIpc) is 3.30. The summed E-state index contributed by atoms with van der Waals surface area (Å²) in [4.78, 5) is 3.70. The highest BCUT2D eigenvalue weighted by molar-refractivity contribution is 6.22. The van der Waals surface area contributed by atoms with Crippen molar-refractivity contribution in [3.8, 4) is 0 Å². The Bertz CT molecular complexity index is 1530. The van der Waals surface area contributed by atoms with Crippen LogP contribution in [0.2, 0.25) is 0 Å². The highest BCUT2D eigenvalue weighted by atomic mass is 15.0. The summed E-state index contributed by atoms with van der Waals surface area (Å²) < 4.78 is 2.49. The smallest absolute Gasteiger partial charge is 0.0548 e. The lowest BCUT2D eigenvalue weighted by atomic mass is 9.98. The lowest BCUT2D eigenvalue weighted by Gasteiger charge is -2.12. The number of aromatic nitrogens is 2. The van der Waals surface area contributed by atoms with Crippen molar-refractivity contribution in [2.45, 2.75) is 20.4 Å². The molecule has 2 heterocycles. The molecule has 0 amide bonds. The Kier molecular flexibility index (Phi) is 3.39. The van der Waals surface area contributed by atoms with E-state index in [1.807, 2.05) is 0 Å². The number of rotatable bonds is 2. The molecule has 0 aliphatic rings. The summed E-state index contributed by atoms with van der Waals surface area (Å²) in [5.74, 6) is 0. The van der Waals surface area contributed by atoms with Gasteiger partial charge < -0.3 is 9.55 Å². The first-order valence-electron chi connectivity index (χ1n) is 10.2. The minimum absolute atomic E-state index is 0.872. The van der Waals surface area contributed by atoms with E-state index in [4.69, 9.17) is 0 Å². The number of benzene rings is 4. The van der Waals surface area contributed by atoms with Gasteiger partial charge in [0.25, 0.3) is 0 Å². The largest absolute Gasteiger partial charge is 0.354 e. The van der Waals surface area contributed by atoms with Crippen LogP contribution in [0.25, 0.3) is 43.6 Å². The molecule has 6 rings (SSSR count).